The van der Waals surface area contributed by atoms with Crippen molar-refractivity contribution in [3.8, 4) is 0 Å². The topological polar surface area (TPSA) is 20.3 Å². The zero-order valence-electron chi connectivity index (χ0n) is 22.4. The van der Waals surface area contributed by atoms with Crippen molar-refractivity contribution in [3.05, 3.63) is 66.2 Å². The van der Waals surface area contributed by atoms with Gasteiger partial charge in [-0.2, -0.15) is 0 Å². The van der Waals surface area contributed by atoms with Gasteiger partial charge in [0, 0.05) is 5.69 Å². The summed E-state index contributed by atoms with van der Waals surface area (Å²) in [6.45, 7) is 10.4. The van der Waals surface area contributed by atoms with Gasteiger partial charge in [0.25, 0.3) is 0 Å². The van der Waals surface area contributed by atoms with Gasteiger partial charge in [0.1, 0.15) is 0 Å². The van der Waals surface area contributed by atoms with Crippen molar-refractivity contribution >= 4 is 11.6 Å². The molecule has 1 amide bonds. The van der Waals surface area contributed by atoms with E-state index in [-0.39, 0.29) is 5.41 Å². The fourth-order valence-electron chi connectivity index (χ4n) is 8.70. The molecular formula is C33H45NO. The predicted molar refractivity (Wildman–Crippen MR) is 146 cm³/mol. The number of benzene rings is 2. The molecule has 3 unspecified atom stereocenters. The van der Waals surface area contributed by atoms with E-state index in [0.29, 0.717) is 23.8 Å². The Hall–Kier alpha value is -2.09. The Bertz CT molecular complexity index is 1000. The number of carbonyl (C=O) groups is 1. The van der Waals surface area contributed by atoms with E-state index in [9.17, 15) is 4.79 Å². The van der Waals surface area contributed by atoms with Gasteiger partial charge >= 0.3 is 0 Å². The van der Waals surface area contributed by atoms with E-state index in [1.54, 1.807) is 0 Å². The van der Waals surface area contributed by atoms with Crippen LogP contribution < -0.4 is 4.90 Å². The number of amides is 1. The van der Waals surface area contributed by atoms with Crippen molar-refractivity contribution in [2.45, 2.75) is 85.6 Å². The van der Waals surface area contributed by atoms with E-state index in [0.717, 1.165) is 35.8 Å². The van der Waals surface area contributed by atoms with Crippen LogP contribution in [0.1, 0.15) is 84.6 Å². The van der Waals surface area contributed by atoms with Gasteiger partial charge in [-0.25, -0.2) is 0 Å². The summed E-state index contributed by atoms with van der Waals surface area (Å²) in [5.74, 6) is 4.18. The van der Waals surface area contributed by atoms with Crippen LogP contribution in [-0.4, -0.2) is 5.91 Å². The normalized spacial score (nSPS) is 34.7. The Kier molecular flexibility index (Phi) is 6.85. The summed E-state index contributed by atoms with van der Waals surface area (Å²) in [6, 6.07) is 20.9. The van der Waals surface area contributed by atoms with Crippen LogP contribution in [0.5, 0.6) is 0 Å². The van der Waals surface area contributed by atoms with Crippen LogP contribution in [0.4, 0.5) is 5.69 Å². The number of rotatable bonds is 5. The first-order valence-electron chi connectivity index (χ1n) is 14.2. The lowest BCUT2D eigenvalue weighted by Crippen LogP contribution is -2.58. The van der Waals surface area contributed by atoms with Gasteiger partial charge in [0.05, 0.1) is 12.0 Å². The summed E-state index contributed by atoms with van der Waals surface area (Å²) in [5.41, 5.74) is 2.23. The quantitative estimate of drug-likeness (QED) is 0.428. The van der Waals surface area contributed by atoms with Gasteiger partial charge in [0.2, 0.25) is 5.91 Å². The van der Waals surface area contributed by atoms with Crippen LogP contribution in [0.15, 0.2) is 60.7 Å². The van der Waals surface area contributed by atoms with Crippen molar-refractivity contribution in [1.29, 1.82) is 0 Å². The molecule has 3 saturated carbocycles. The lowest BCUT2D eigenvalue weighted by atomic mass is 9.43. The summed E-state index contributed by atoms with van der Waals surface area (Å²) in [6.07, 6.45) is 10.2. The highest BCUT2D eigenvalue weighted by Gasteiger charge is 2.59. The molecule has 3 fully saturated rings. The summed E-state index contributed by atoms with van der Waals surface area (Å²) in [7, 11) is 0. The van der Waals surface area contributed by atoms with Crippen LogP contribution in [0.2, 0.25) is 0 Å². The minimum absolute atomic E-state index is 0.294. The largest absolute Gasteiger partial charge is 0.308 e. The van der Waals surface area contributed by atoms with Crippen molar-refractivity contribution in [3.63, 3.8) is 0 Å². The molecule has 35 heavy (non-hydrogen) atoms. The summed E-state index contributed by atoms with van der Waals surface area (Å²) < 4.78 is 0. The maximum absolute atomic E-state index is 14.6. The van der Waals surface area contributed by atoms with Crippen molar-refractivity contribution in [2.75, 3.05) is 4.90 Å². The highest BCUT2D eigenvalue weighted by atomic mass is 16.2. The molecule has 0 aliphatic heterocycles. The molecule has 0 N–H and O–H groups in total. The fraction of sp³-hybridized carbons (Fsp3) is 0.606. The van der Waals surface area contributed by atoms with Crippen LogP contribution in [-0.2, 0) is 11.3 Å². The molecular weight excluding hydrogens is 426 g/mol. The molecule has 3 aliphatic rings. The molecule has 2 aromatic rings. The fourth-order valence-corrected chi connectivity index (χ4v) is 8.70. The first-order chi connectivity index (χ1) is 16.8. The SMILES string of the molecule is CC(C)C1CC[C@@H]2C(CCC3[C@]2(C)CCC[C@]3(C)C(=O)N(Cc2ccccc2)c2ccccc2)C1. The smallest absolute Gasteiger partial charge is 0.233 e. The molecule has 0 saturated heterocycles. The highest BCUT2D eigenvalue weighted by Crippen LogP contribution is 2.65. The van der Waals surface area contributed by atoms with Crippen molar-refractivity contribution in [2.24, 2.45) is 40.4 Å². The molecule has 0 bridgehead atoms. The average Bonchev–Trinajstić information content (AvgIpc) is 2.87. The molecule has 2 aromatic carbocycles. The third-order valence-electron chi connectivity index (χ3n) is 10.6. The lowest BCUT2D eigenvalue weighted by molar-refractivity contribution is -0.154. The molecule has 2 heteroatoms. The van der Waals surface area contributed by atoms with Crippen LogP contribution in [0, 0.1) is 40.4 Å². The standard InChI is InChI=1S/C33H45NO/c1-24(2)26-16-18-29-27(22-26)17-19-30-32(29,3)20-11-21-33(30,4)31(35)34(28-14-9-6-10-15-28)23-25-12-7-5-8-13-25/h5-10,12-15,24,26-27,29-30H,11,16-23H2,1-4H3/t26?,27?,29-,30?,32-,33+/m1/s1. The Balaban J connectivity index is 1.45. The molecule has 0 radical (unpaired) electrons. The minimum atomic E-state index is -0.294. The van der Waals surface area contributed by atoms with E-state index in [1.807, 2.05) is 6.07 Å². The second-order valence-electron chi connectivity index (χ2n) is 12.8. The number of carbonyl (C=O) groups excluding carboxylic acids is 1. The van der Waals surface area contributed by atoms with E-state index in [1.165, 1.54) is 50.5 Å². The molecule has 5 rings (SSSR count). The van der Waals surface area contributed by atoms with Crippen LogP contribution >= 0.6 is 0 Å². The minimum Gasteiger partial charge on any atom is -0.308 e. The summed E-state index contributed by atoms with van der Waals surface area (Å²) in [4.78, 5) is 16.7. The molecule has 3 aliphatic carbocycles. The molecule has 0 spiro atoms. The number of hydrogen-bond donors (Lipinski definition) is 0. The average molecular weight is 472 g/mol. The molecule has 0 heterocycles. The van der Waals surface area contributed by atoms with Gasteiger partial charge in [0.15, 0.2) is 0 Å². The van der Waals surface area contributed by atoms with Gasteiger partial charge in [-0.15, -0.1) is 0 Å². The van der Waals surface area contributed by atoms with Gasteiger partial charge < -0.3 is 4.90 Å². The Morgan fingerprint density at radius 1 is 0.914 bits per heavy atom. The van der Waals surface area contributed by atoms with Crippen molar-refractivity contribution in [1.82, 2.24) is 0 Å². The third kappa shape index (κ3) is 4.47. The number of fused-ring (bicyclic) bond motifs is 3. The van der Waals surface area contributed by atoms with Crippen LogP contribution in [0.25, 0.3) is 0 Å². The Morgan fingerprint density at radius 2 is 1.60 bits per heavy atom. The van der Waals surface area contributed by atoms with Crippen molar-refractivity contribution < 1.29 is 4.79 Å². The Morgan fingerprint density at radius 3 is 2.29 bits per heavy atom. The second-order valence-corrected chi connectivity index (χ2v) is 12.8. The van der Waals surface area contributed by atoms with Gasteiger partial charge in [-0.1, -0.05) is 82.6 Å². The first-order valence-corrected chi connectivity index (χ1v) is 14.2. The zero-order chi connectivity index (χ0) is 24.6. The number of hydrogen-bond acceptors (Lipinski definition) is 1. The monoisotopic (exact) mass is 471 g/mol. The molecule has 0 aromatic heterocycles. The predicted octanol–water partition coefficient (Wildman–Crippen LogP) is 8.51. The van der Waals surface area contributed by atoms with E-state index in [2.05, 4.69) is 87.2 Å². The second kappa shape index (κ2) is 9.75. The molecule has 6 atom stereocenters. The maximum atomic E-state index is 14.6. The zero-order valence-corrected chi connectivity index (χ0v) is 22.4. The number of para-hydroxylation sites is 1. The molecule has 2 nitrogen and oxygen atoms in total. The lowest BCUT2D eigenvalue weighted by Gasteiger charge is -2.61. The van der Waals surface area contributed by atoms with Gasteiger partial charge in [-0.05, 0) is 97.6 Å². The third-order valence-corrected chi connectivity index (χ3v) is 10.6. The van der Waals surface area contributed by atoms with E-state index in [4.69, 9.17) is 0 Å². The summed E-state index contributed by atoms with van der Waals surface area (Å²) in [5, 5.41) is 0. The number of nitrogens with zero attached hydrogens (tertiary/aromatic N) is 1. The van der Waals surface area contributed by atoms with E-state index < -0.39 is 0 Å². The van der Waals surface area contributed by atoms with E-state index >= 15 is 0 Å². The van der Waals surface area contributed by atoms with Crippen LogP contribution in [0.3, 0.4) is 0 Å². The Labute approximate surface area is 213 Å². The first kappa shape index (κ1) is 24.6. The highest BCUT2D eigenvalue weighted by molar-refractivity contribution is 5.97. The molecule has 188 valence electrons. The number of anilines is 1. The maximum Gasteiger partial charge on any atom is 0.233 e. The summed E-state index contributed by atoms with van der Waals surface area (Å²) >= 11 is 0. The van der Waals surface area contributed by atoms with Gasteiger partial charge in [-0.3, -0.25) is 4.79 Å².